The third-order valence-corrected chi connectivity index (χ3v) is 3.93. The average molecular weight is 212 g/mol. The molecule has 2 rings (SSSR count). The van der Waals surface area contributed by atoms with Crippen molar-refractivity contribution in [3.05, 3.63) is 0 Å². The Morgan fingerprint density at radius 2 is 2.13 bits per heavy atom. The Labute approximate surface area is 93.0 Å². The van der Waals surface area contributed by atoms with Gasteiger partial charge >= 0.3 is 0 Å². The third kappa shape index (κ3) is 2.52. The van der Waals surface area contributed by atoms with Gasteiger partial charge in [-0.05, 0) is 24.8 Å². The average Bonchev–Trinajstić information content (AvgIpc) is 2.75. The van der Waals surface area contributed by atoms with Crippen LogP contribution in [0.2, 0.25) is 0 Å². The number of hydrogen-bond donors (Lipinski definition) is 1. The summed E-state index contributed by atoms with van der Waals surface area (Å²) < 4.78 is 5.51. The van der Waals surface area contributed by atoms with Crippen LogP contribution in [0.25, 0.3) is 0 Å². The maximum Gasteiger partial charge on any atom is 0.0547 e. The number of ether oxygens (including phenoxy) is 1. The van der Waals surface area contributed by atoms with Crippen LogP contribution in [-0.2, 0) is 4.74 Å². The molecular formula is C12H24N2O. The predicted octanol–water partition coefficient (Wildman–Crippen LogP) is 1.08. The number of nitrogens with two attached hydrogens (primary N) is 1. The largest absolute Gasteiger partial charge is 0.381 e. The van der Waals surface area contributed by atoms with E-state index in [2.05, 4.69) is 18.7 Å². The van der Waals surface area contributed by atoms with Crippen molar-refractivity contribution in [1.82, 2.24) is 4.90 Å². The summed E-state index contributed by atoms with van der Waals surface area (Å²) in [7, 11) is 0. The molecule has 0 aliphatic carbocycles. The molecule has 0 aromatic rings. The summed E-state index contributed by atoms with van der Waals surface area (Å²) in [5, 5.41) is 0. The van der Waals surface area contributed by atoms with Gasteiger partial charge in [0.25, 0.3) is 0 Å². The zero-order valence-corrected chi connectivity index (χ0v) is 10.1. The zero-order chi connectivity index (χ0) is 10.9. The van der Waals surface area contributed by atoms with E-state index in [9.17, 15) is 0 Å². The molecule has 2 heterocycles. The minimum Gasteiger partial charge on any atom is -0.381 e. The molecule has 2 fully saturated rings. The van der Waals surface area contributed by atoms with Crippen LogP contribution in [0.15, 0.2) is 0 Å². The minimum atomic E-state index is 0.250. The van der Waals surface area contributed by atoms with Crippen LogP contribution in [0.4, 0.5) is 0 Å². The fourth-order valence-corrected chi connectivity index (χ4v) is 2.83. The lowest BCUT2D eigenvalue weighted by Crippen LogP contribution is -2.42. The van der Waals surface area contributed by atoms with E-state index in [-0.39, 0.29) is 5.41 Å². The minimum absolute atomic E-state index is 0.250. The molecule has 2 aliphatic rings. The molecule has 3 heteroatoms. The van der Waals surface area contributed by atoms with Gasteiger partial charge in [-0.15, -0.1) is 0 Å². The highest BCUT2D eigenvalue weighted by Gasteiger charge is 2.38. The standard InChI is InChI=1S/C12H24N2O/c1-11(2)3-5-14(8-11)9-12(7-13)4-6-15-10-12/h3-10,13H2,1-2H3. The van der Waals surface area contributed by atoms with Gasteiger partial charge in [0.2, 0.25) is 0 Å². The normalized spacial score (nSPS) is 36.2. The smallest absolute Gasteiger partial charge is 0.0547 e. The van der Waals surface area contributed by atoms with E-state index in [0.717, 1.165) is 32.7 Å². The van der Waals surface area contributed by atoms with E-state index in [0.29, 0.717) is 5.41 Å². The molecule has 0 radical (unpaired) electrons. The molecule has 0 spiro atoms. The lowest BCUT2D eigenvalue weighted by atomic mass is 9.86. The molecule has 0 bridgehead atoms. The molecule has 15 heavy (non-hydrogen) atoms. The van der Waals surface area contributed by atoms with Crippen molar-refractivity contribution in [2.75, 3.05) is 39.4 Å². The fraction of sp³-hybridized carbons (Fsp3) is 1.00. The van der Waals surface area contributed by atoms with E-state index in [4.69, 9.17) is 10.5 Å². The molecule has 1 unspecified atom stereocenters. The monoisotopic (exact) mass is 212 g/mol. The second-order valence-corrected chi connectivity index (χ2v) is 6.13. The second kappa shape index (κ2) is 4.04. The van der Waals surface area contributed by atoms with Crippen LogP contribution < -0.4 is 5.73 Å². The van der Waals surface area contributed by atoms with Gasteiger partial charge in [-0.1, -0.05) is 13.8 Å². The van der Waals surface area contributed by atoms with Gasteiger partial charge < -0.3 is 15.4 Å². The van der Waals surface area contributed by atoms with Crippen molar-refractivity contribution >= 4 is 0 Å². The summed E-state index contributed by atoms with van der Waals surface area (Å²) in [4.78, 5) is 2.57. The van der Waals surface area contributed by atoms with Gasteiger partial charge in [-0.25, -0.2) is 0 Å². The van der Waals surface area contributed by atoms with Crippen molar-refractivity contribution in [2.24, 2.45) is 16.6 Å². The molecule has 1 atom stereocenters. The Morgan fingerprint density at radius 1 is 1.33 bits per heavy atom. The van der Waals surface area contributed by atoms with Crippen LogP contribution in [0.3, 0.4) is 0 Å². The summed E-state index contributed by atoms with van der Waals surface area (Å²) in [5.41, 5.74) is 6.65. The van der Waals surface area contributed by atoms with Gasteiger partial charge in [-0.2, -0.15) is 0 Å². The Hall–Kier alpha value is -0.120. The first-order valence-corrected chi connectivity index (χ1v) is 6.06. The van der Waals surface area contributed by atoms with Crippen LogP contribution in [0.1, 0.15) is 26.7 Å². The summed E-state index contributed by atoms with van der Waals surface area (Å²) in [5.74, 6) is 0. The molecular weight excluding hydrogens is 188 g/mol. The summed E-state index contributed by atoms with van der Waals surface area (Å²) in [6, 6.07) is 0. The molecule has 88 valence electrons. The molecule has 0 aromatic heterocycles. The predicted molar refractivity (Wildman–Crippen MR) is 61.8 cm³/mol. The van der Waals surface area contributed by atoms with E-state index < -0.39 is 0 Å². The summed E-state index contributed by atoms with van der Waals surface area (Å²) in [6.45, 7) is 10.8. The first kappa shape index (κ1) is 11.4. The maximum absolute atomic E-state index is 5.91. The highest BCUT2D eigenvalue weighted by atomic mass is 16.5. The van der Waals surface area contributed by atoms with Gasteiger partial charge in [0.1, 0.15) is 0 Å². The molecule has 2 saturated heterocycles. The van der Waals surface area contributed by atoms with Crippen LogP contribution >= 0.6 is 0 Å². The summed E-state index contributed by atoms with van der Waals surface area (Å²) in [6.07, 6.45) is 2.45. The molecule has 3 nitrogen and oxygen atoms in total. The van der Waals surface area contributed by atoms with Crippen LogP contribution in [0, 0.1) is 10.8 Å². The Morgan fingerprint density at radius 3 is 2.60 bits per heavy atom. The topological polar surface area (TPSA) is 38.5 Å². The quantitative estimate of drug-likeness (QED) is 0.761. The van der Waals surface area contributed by atoms with Gasteiger partial charge in [0, 0.05) is 31.7 Å². The first-order chi connectivity index (χ1) is 7.05. The van der Waals surface area contributed by atoms with E-state index in [1.165, 1.54) is 19.5 Å². The SMILES string of the molecule is CC1(C)CCN(CC2(CN)CCOC2)C1. The lowest BCUT2D eigenvalue weighted by Gasteiger charge is -2.31. The van der Waals surface area contributed by atoms with Gasteiger partial charge in [0.05, 0.1) is 6.61 Å². The Kier molecular flexibility index (Phi) is 3.06. The number of hydrogen-bond acceptors (Lipinski definition) is 3. The Bertz CT molecular complexity index is 222. The van der Waals surface area contributed by atoms with Crippen LogP contribution in [0.5, 0.6) is 0 Å². The molecule has 0 aromatic carbocycles. The molecule has 0 saturated carbocycles. The second-order valence-electron chi connectivity index (χ2n) is 6.13. The van der Waals surface area contributed by atoms with Crippen molar-refractivity contribution in [1.29, 1.82) is 0 Å². The number of nitrogens with zero attached hydrogens (tertiary/aromatic N) is 1. The highest BCUT2D eigenvalue weighted by Crippen LogP contribution is 2.34. The number of rotatable bonds is 3. The van der Waals surface area contributed by atoms with Crippen molar-refractivity contribution in [3.8, 4) is 0 Å². The third-order valence-electron chi connectivity index (χ3n) is 3.93. The molecule has 2 N–H and O–H groups in total. The van der Waals surface area contributed by atoms with Gasteiger partial charge in [0.15, 0.2) is 0 Å². The zero-order valence-electron chi connectivity index (χ0n) is 10.1. The van der Waals surface area contributed by atoms with Crippen molar-refractivity contribution < 1.29 is 4.74 Å². The van der Waals surface area contributed by atoms with E-state index in [1.54, 1.807) is 0 Å². The number of likely N-dealkylation sites (tertiary alicyclic amines) is 1. The maximum atomic E-state index is 5.91. The van der Waals surface area contributed by atoms with Crippen LogP contribution in [-0.4, -0.2) is 44.3 Å². The fourth-order valence-electron chi connectivity index (χ4n) is 2.83. The van der Waals surface area contributed by atoms with Gasteiger partial charge in [-0.3, -0.25) is 0 Å². The molecule has 2 aliphatic heterocycles. The van der Waals surface area contributed by atoms with Crippen molar-refractivity contribution in [2.45, 2.75) is 26.7 Å². The Balaban J connectivity index is 1.91. The van der Waals surface area contributed by atoms with E-state index in [1.807, 2.05) is 0 Å². The van der Waals surface area contributed by atoms with E-state index >= 15 is 0 Å². The van der Waals surface area contributed by atoms with Crippen molar-refractivity contribution in [3.63, 3.8) is 0 Å². The summed E-state index contributed by atoms with van der Waals surface area (Å²) >= 11 is 0. The first-order valence-electron chi connectivity index (χ1n) is 6.06. The molecule has 0 amide bonds. The highest BCUT2D eigenvalue weighted by molar-refractivity contribution is 4.91. The lowest BCUT2D eigenvalue weighted by molar-refractivity contribution is 0.121.